The van der Waals surface area contributed by atoms with Crippen molar-refractivity contribution in [2.75, 3.05) is 13.1 Å². The number of carbonyl (C=O) groups is 2. The highest BCUT2D eigenvalue weighted by Crippen LogP contribution is 2.14. The molecule has 4 heteroatoms. The van der Waals surface area contributed by atoms with Crippen molar-refractivity contribution >= 4 is 11.8 Å². The minimum absolute atomic E-state index is 0.0111. The van der Waals surface area contributed by atoms with Crippen LogP contribution in [0.1, 0.15) is 27.2 Å². The summed E-state index contributed by atoms with van der Waals surface area (Å²) in [4.78, 5) is 25.2. The smallest absolute Gasteiger partial charge is 0.246 e. The second-order valence-electron chi connectivity index (χ2n) is 4.58. The van der Waals surface area contributed by atoms with E-state index in [9.17, 15) is 9.59 Å². The van der Waals surface area contributed by atoms with Gasteiger partial charge in [0.2, 0.25) is 11.8 Å². The van der Waals surface area contributed by atoms with E-state index in [2.05, 4.69) is 11.9 Å². The van der Waals surface area contributed by atoms with Crippen LogP contribution in [0.2, 0.25) is 0 Å². The summed E-state index contributed by atoms with van der Waals surface area (Å²) in [7, 11) is 0. The van der Waals surface area contributed by atoms with Gasteiger partial charge in [-0.25, -0.2) is 0 Å². The van der Waals surface area contributed by atoms with Crippen LogP contribution in [0, 0.1) is 5.92 Å². The number of amides is 2. The molecule has 1 fully saturated rings. The zero-order valence-electron chi connectivity index (χ0n) is 10.2. The third-order valence-electron chi connectivity index (χ3n) is 2.90. The Bertz CT molecular complexity index is 310. The normalized spacial score (nSPS) is 22.9. The number of hydrogen-bond donors (Lipinski definition) is 1. The van der Waals surface area contributed by atoms with E-state index < -0.39 is 0 Å². The van der Waals surface area contributed by atoms with Crippen molar-refractivity contribution in [3.05, 3.63) is 12.2 Å². The fourth-order valence-electron chi connectivity index (χ4n) is 1.81. The molecule has 0 bridgehead atoms. The SMILES string of the molecule is C=C(C)CN1CC(=O)NC(C(C)CC)C1=O. The highest BCUT2D eigenvalue weighted by molar-refractivity contribution is 5.95. The first kappa shape index (κ1) is 12.7. The minimum atomic E-state index is -0.370. The predicted octanol–water partition coefficient (Wildman–Crippen LogP) is 0.936. The number of carbonyl (C=O) groups excluding carboxylic acids is 2. The Morgan fingerprint density at radius 2 is 2.25 bits per heavy atom. The van der Waals surface area contributed by atoms with E-state index in [1.807, 2.05) is 20.8 Å². The molecule has 0 aliphatic carbocycles. The molecule has 1 saturated heterocycles. The fourth-order valence-corrected chi connectivity index (χ4v) is 1.81. The van der Waals surface area contributed by atoms with E-state index in [0.717, 1.165) is 12.0 Å². The van der Waals surface area contributed by atoms with Gasteiger partial charge in [0.05, 0.1) is 6.54 Å². The van der Waals surface area contributed by atoms with Crippen LogP contribution in [-0.4, -0.2) is 35.8 Å². The average molecular weight is 224 g/mol. The Labute approximate surface area is 96.7 Å². The van der Waals surface area contributed by atoms with Crippen molar-refractivity contribution in [2.45, 2.75) is 33.2 Å². The lowest BCUT2D eigenvalue weighted by molar-refractivity contribution is -0.145. The maximum Gasteiger partial charge on any atom is 0.246 e. The van der Waals surface area contributed by atoms with Gasteiger partial charge in [0.15, 0.2) is 0 Å². The molecule has 0 aromatic rings. The predicted molar refractivity (Wildman–Crippen MR) is 62.8 cm³/mol. The first-order chi connectivity index (χ1) is 7.45. The molecule has 1 rings (SSSR count). The summed E-state index contributed by atoms with van der Waals surface area (Å²) in [5, 5.41) is 2.76. The van der Waals surface area contributed by atoms with Gasteiger partial charge in [-0.2, -0.15) is 0 Å². The molecular formula is C12H20N2O2. The Kier molecular flexibility index (Phi) is 4.10. The lowest BCUT2D eigenvalue weighted by Crippen LogP contribution is -2.60. The van der Waals surface area contributed by atoms with Gasteiger partial charge in [-0.05, 0) is 12.8 Å². The monoisotopic (exact) mass is 224 g/mol. The molecular weight excluding hydrogens is 204 g/mol. The Morgan fingerprint density at radius 1 is 1.62 bits per heavy atom. The highest BCUT2D eigenvalue weighted by atomic mass is 16.2. The van der Waals surface area contributed by atoms with Crippen LogP contribution in [0.5, 0.6) is 0 Å². The van der Waals surface area contributed by atoms with E-state index in [-0.39, 0.29) is 30.3 Å². The van der Waals surface area contributed by atoms with E-state index in [1.165, 1.54) is 0 Å². The van der Waals surface area contributed by atoms with E-state index in [1.54, 1.807) is 4.90 Å². The Hall–Kier alpha value is -1.32. The summed E-state index contributed by atoms with van der Waals surface area (Å²) in [6.07, 6.45) is 0.873. The molecule has 2 atom stereocenters. The fraction of sp³-hybridized carbons (Fsp3) is 0.667. The summed E-state index contributed by atoms with van der Waals surface area (Å²) in [6, 6.07) is -0.370. The quantitative estimate of drug-likeness (QED) is 0.722. The molecule has 16 heavy (non-hydrogen) atoms. The Morgan fingerprint density at radius 3 is 2.75 bits per heavy atom. The number of nitrogens with zero attached hydrogens (tertiary/aromatic N) is 1. The van der Waals surface area contributed by atoms with E-state index >= 15 is 0 Å². The molecule has 0 saturated carbocycles. The molecule has 4 nitrogen and oxygen atoms in total. The van der Waals surface area contributed by atoms with Gasteiger partial charge in [0.25, 0.3) is 0 Å². The van der Waals surface area contributed by atoms with Crippen LogP contribution in [-0.2, 0) is 9.59 Å². The average Bonchev–Trinajstić information content (AvgIpc) is 2.21. The van der Waals surface area contributed by atoms with Crippen molar-refractivity contribution in [3.63, 3.8) is 0 Å². The molecule has 1 N–H and O–H groups in total. The van der Waals surface area contributed by atoms with Crippen LogP contribution in [0.3, 0.4) is 0 Å². The van der Waals surface area contributed by atoms with Crippen LogP contribution in [0.15, 0.2) is 12.2 Å². The van der Waals surface area contributed by atoms with Crippen LogP contribution in [0.25, 0.3) is 0 Å². The van der Waals surface area contributed by atoms with E-state index in [0.29, 0.717) is 6.54 Å². The van der Waals surface area contributed by atoms with Crippen LogP contribution in [0.4, 0.5) is 0 Å². The molecule has 0 radical (unpaired) electrons. The molecule has 0 aromatic heterocycles. The van der Waals surface area contributed by atoms with Crippen molar-refractivity contribution < 1.29 is 9.59 Å². The second-order valence-corrected chi connectivity index (χ2v) is 4.58. The molecule has 90 valence electrons. The minimum Gasteiger partial charge on any atom is -0.342 e. The highest BCUT2D eigenvalue weighted by Gasteiger charge is 2.35. The number of piperazine rings is 1. The van der Waals surface area contributed by atoms with Crippen molar-refractivity contribution in [1.29, 1.82) is 0 Å². The molecule has 0 spiro atoms. The largest absolute Gasteiger partial charge is 0.342 e. The zero-order chi connectivity index (χ0) is 12.3. The summed E-state index contributed by atoms with van der Waals surface area (Å²) >= 11 is 0. The Balaban J connectivity index is 2.77. The lowest BCUT2D eigenvalue weighted by atomic mass is 9.96. The molecule has 1 aliphatic heterocycles. The van der Waals surface area contributed by atoms with Crippen molar-refractivity contribution in [3.8, 4) is 0 Å². The third kappa shape index (κ3) is 2.84. The van der Waals surface area contributed by atoms with Crippen LogP contribution >= 0.6 is 0 Å². The molecule has 2 amide bonds. The van der Waals surface area contributed by atoms with Gasteiger partial charge in [-0.15, -0.1) is 0 Å². The van der Waals surface area contributed by atoms with E-state index in [4.69, 9.17) is 0 Å². The third-order valence-corrected chi connectivity index (χ3v) is 2.90. The van der Waals surface area contributed by atoms with Gasteiger partial charge in [0.1, 0.15) is 6.04 Å². The van der Waals surface area contributed by atoms with Gasteiger partial charge < -0.3 is 10.2 Å². The molecule has 2 unspecified atom stereocenters. The molecule has 1 heterocycles. The molecule has 1 aliphatic rings. The van der Waals surface area contributed by atoms with Gasteiger partial charge in [0, 0.05) is 6.54 Å². The first-order valence-electron chi connectivity index (χ1n) is 5.68. The van der Waals surface area contributed by atoms with Crippen molar-refractivity contribution in [2.24, 2.45) is 5.92 Å². The summed E-state index contributed by atoms with van der Waals surface area (Å²) in [6.45, 7) is 10.3. The first-order valence-corrected chi connectivity index (χ1v) is 5.68. The van der Waals surface area contributed by atoms with Crippen LogP contribution < -0.4 is 5.32 Å². The van der Waals surface area contributed by atoms with Gasteiger partial charge >= 0.3 is 0 Å². The zero-order valence-corrected chi connectivity index (χ0v) is 10.2. The molecule has 0 aromatic carbocycles. The summed E-state index contributed by atoms with van der Waals surface area (Å²) in [5.74, 6) is 0.104. The standard InChI is InChI=1S/C12H20N2O2/c1-5-9(4)11-12(16)14(6-8(2)3)7-10(15)13-11/h9,11H,2,5-7H2,1,3-4H3,(H,13,15). The second kappa shape index (κ2) is 5.14. The summed E-state index contributed by atoms with van der Waals surface area (Å²) < 4.78 is 0. The maximum absolute atomic E-state index is 12.1. The maximum atomic E-state index is 12.1. The summed E-state index contributed by atoms with van der Waals surface area (Å²) in [5.41, 5.74) is 0.894. The number of rotatable bonds is 4. The lowest BCUT2D eigenvalue weighted by Gasteiger charge is -2.35. The number of hydrogen-bond acceptors (Lipinski definition) is 2. The topological polar surface area (TPSA) is 49.4 Å². The van der Waals surface area contributed by atoms with Crippen molar-refractivity contribution in [1.82, 2.24) is 10.2 Å². The van der Waals surface area contributed by atoms with Gasteiger partial charge in [-0.1, -0.05) is 32.4 Å². The number of nitrogens with one attached hydrogen (secondary N) is 1. The van der Waals surface area contributed by atoms with Gasteiger partial charge in [-0.3, -0.25) is 9.59 Å².